The van der Waals surface area contributed by atoms with E-state index in [9.17, 15) is 4.79 Å². The SMILES string of the molecule is Cc1ccc(OC(=O)OCc2ccccc2N=[N+]=[N-])cc1. The second-order valence-electron chi connectivity index (χ2n) is 4.27. The van der Waals surface area contributed by atoms with Gasteiger partial charge in [0.05, 0.1) is 0 Å². The van der Waals surface area contributed by atoms with Crippen molar-refractivity contribution >= 4 is 11.8 Å². The van der Waals surface area contributed by atoms with Gasteiger partial charge in [-0.25, -0.2) is 4.79 Å². The van der Waals surface area contributed by atoms with E-state index in [2.05, 4.69) is 10.0 Å². The van der Waals surface area contributed by atoms with Crippen molar-refractivity contribution in [2.75, 3.05) is 0 Å². The van der Waals surface area contributed by atoms with E-state index in [0.717, 1.165) is 5.56 Å². The van der Waals surface area contributed by atoms with E-state index in [4.69, 9.17) is 15.0 Å². The van der Waals surface area contributed by atoms with Gasteiger partial charge in [0.2, 0.25) is 0 Å². The number of hydrogen-bond acceptors (Lipinski definition) is 4. The van der Waals surface area contributed by atoms with Gasteiger partial charge >= 0.3 is 6.16 Å². The van der Waals surface area contributed by atoms with Crippen LogP contribution in [0.15, 0.2) is 53.6 Å². The molecule has 2 rings (SSSR count). The summed E-state index contributed by atoms with van der Waals surface area (Å²) in [5.74, 6) is 0.411. The van der Waals surface area contributed by atoms with E-state index in [1.54, 1.807) is 36.4 Å². The fraction of sp³-hybridized carbons (Fsp3) is 0.133. The van der Waals surface area contributed by atoms with Crippen molar-refractivity contribution in [2.45, 2.75) is 13.5 Å². The standard InChI is InChI=1S/C15H13N3O3/c1-11-6-8-13(9-7-11)21-15(19)20-10-12-4-2-3-5-14(12)17-18-16/h2-9H,10H2,1H3. The highest BCUT2D eigenvalue weighted by Crippen LogP contribution is 2.20. The summed E-state index contributed by atoms with van der Waals surface area (Å²) in [5, 5.41) is 3.53. The highest BCUT2D eigenvalue weighted by atomic mass is 16.7. The van der Waals surface area contributed by atoms with Crippen LogP contribution in [0.5, 0.6) is 5.75 Å². The summed E-state index contributed by atoms with van der Waals surface area (Å²) in [6.07, 6.45) is -0.811. The molecule has 0 bridgehead atoms. The Labute approximate surface area is 121 Å². The van der Waals surface area contributed by atoms with Crippen molar-refractivity contribution in [3.05, 3.63) is 70.1 Å². The second-order valence-corrected chi connectivity index (χ2v) is 4.27. The Kier molecular flexibility index (Phi) is 4.79. The Balaban J connectivity index is 1.95. The minimum absolute atomic E-state index is 0.0279. The van der Waals surface area contributed by atoms with Gasteiger partial charge in [-0.05, 0) is 30.2 Å². The Morgan fingerprint density at radius 3 is 2.62 bits per heavy atom. The van der Waals surface area contributed by atoms with Crippen molar-refractivity contribution in [2.24, 2.45) is 5.11 Å². The fourth-order valence-corrected chi connectivity index (χ4v) is 1.65. The maximum atomic E-state index is 11.6. The molecule has 0 radical (unpaired) electrons. The van der Waals surface area contributed by atoms with Crippen LogP contribution in [0.3, 0.4) is 0 Å². The molecule has 0 amide bonds. The van der Waals surface area contributed by atoms with Crippen LogP contribution in [-0.2, 0) is 11.3 Å². The van der Waals surface area contributed by atoms with Crippen molar-refractivity contribution in [3.63, 3.8) is 0 Å². The minimum atomic E-state index is -0.811. The Bertz CT molecular complexity index is 677. The van der Waals surface area contributed by atoms with Crippen LogP contribution in [0, 0.1) is 6.92 Å². The molecule has 0 aromatic heterocycles. The van der Waals surface area contributed by atoms with E-state index < -0.39 is 6.16 Å². The molecule has 106 valence electrons. The summed E-state index contributed by atoms with van der Waals surface area (Å²) in [5.41, 5.74) is 10.6. The topological polar surface area (TPSA) is 84.3 Å². The predicted octanol–water partition coefficient (Wildman–Crippen LogP) is 4.65. The smallest absolute Gasteiger partial charge is 0.429 e. The summed E-state index contributed by atoms with van der Waals surface area (Å²) in [4.78, 5) is 14.3. The molecule has 0 atom stereocenters. The number of benzene rings is 2. The second kappa shape index (κ2) is 6.98. The van der Waals surface area contributed by atoms with Crippen LogP contribution in [-0.4, -0.2) is 6.16 Å². The summed E-state index contributed by atoms with van der Waals surface area (Å²) in [6, 6.07) is 13.9. The highest BCUT2D eigenvalue weighted by molar-refractivity contribution is 5.64. The summed E-state index contributed by atoms with van der Waals surface area (Å²) in [7, 11) is 0. The number of carbonyl (C=O) groups is 1. The number of ether oxygens (including phenoxy) is 2. The van der Waals surface area contributed by atoms with E-state index in [0.29, 0.717) is 17.0 Å². The van der Waals surface area contributed by atoms with E-state index >= 15 is 0 Å². The number of hydrogen-bond donors (Lipinski definition) is 0. The molecule has 2 aromatic carbocycles. The number of aryl methyl sites for hydroxylation is 1. The first-order valence-electron chi connectivity index (χ1n) is 6.23. The molecule has 2 aromatic rings. The van der Waals surface area contributed by atoms with Crippen LogP contribution in [0.2, 0.25) is 0 Å². The zero-order chi connectivity index (χ0) is 15.1. The van der Waals surface area contributed by atoms with Crippen molar-refractivity contribution < 1.29 is 14.3 Å². The van der Waals surface area contributed by atoms with Gasteiger partial charge in [0.15, 0.2) is 0 Å². The average molecular weight is 283 g/mol. The first-order valence-corrected chi connectivity index (χ1v) is 6.23. The molecule has 0 heterocycles. The van der Waals surface area contributed by atoms with Crippen molar-refractivity contribution in [1.29, 1.82) is 0 Å². The van der Waals surface area contributed by atoms with Gasteiger partial charge in [0.25, 0.3) is 0 Å². The molecule has 0 aliphatic carbocycles. The minimum Gasteiger partial charge on any atom is -0.429 e. The Morgan fingerprint density at radius 2 is 1.90 bits per heavy atom. The quantitative estimate of drug-likeness (QED) is 0.269. The third-order valence-corrected chi connectivity index (χ3v) is 2.71. The Morgan fingerprint density at radius 1 is 1.19 bits per heavy atom. The van der Waals surface area contributed by atoms with Gasteiger partial charge in [-0.15, -0.1) is 0 Å². The lowest BCUT2D eigenvalue weighted by Crippen LogP contribution is -2.10. The van der Waals surface area contributed by atoms with Gasteiger partial charge < -0.3 is 9.47 Å². The lowest BCUT2D eigenvalue weighted by Gasteiger charge is -2.07. The molecule has 21 heavy (non-hydrogen) atoms. The normalized spacial score (nSPS) is 9.57. The molecular formula is C15H13N3O3. The number of azide groups is 1. The number of nitrogens with zero attached hydrogens (tertiary/aromatic N) is 3. The van der Waals surface area contributed by atoms with Gasteiger partial charge in [-0.2, -0.15) is 0 Å². The summed E-state index contributed by atoms with van der Waals surface area (Å²) >= 11 is 0. The molecule has 0 aliphatic rings. The molecule has 0 saturated heterocycles. The molecule has 6 nitrogen and oxygen atoms in total. The molecule has 6 heteroatoms. The lowest BCUT2D eigenvalue weighted by atomic mass is 10.2. The monoisotopic (exact) mass is 283 g/mol. The molecule has 0 aliphatic heterocycles. The van der Waals surface area contributed by atoms with Gasteiger partial charge in [-0.1, -0.05) is 47.1 Å². The zero-order valence-corrected chi connectivity index (χ0v) is 11.4. The van der Waals surface area contributed by atoms with E-state index in [-0.39, 0.29) is 6.61 Å². The molecule has 0 saturated carbocycles. The summed E-state index contributed by atoms with van der Waals surface area (Å²) < 4.78 is 10.0. The highest BCUT2D eigenvalue weighted by Gasteiger charge is 2.08. The average Bonchev–Trinajstić information content (AvgIpc) is 2.49. The van der Waals surface area contributed by atoms with E-state index in [1.807, 2.05) is 19.1 Å². The van der Waals surface area contributed by atoms with Gasteiger partial charge in [-0.3, -0.25) is 0 Å². The lowest BCUT2D eigenvalue weighted by molar-refractivity contribution is 0.0929. The fourth-order valence-electron chi connectivity index (χ4n) is 1.65. The van der Waals surface area contributed by atoms with Gasteiger partial charge in [0, 0.05) is 10.6 Å². The van der Waals surface area contributed by atoms with Crippen molar-refractivity contribution in [1.82, 2.24) is 0 Å². The number of carbonyl (C=O) groups excluding carboxylic acids is 1. The van der Waals surface area contributed by atoms with E-state index in [1.165, 1.54) is 0 Å². The molecular weight excluding hydrogens is 270 g/mol. The van der Waals surface area contributed by atoms with Crippen LogP contribution in [0.4, 0.5) is 10.5 Å². The largest absolute Gasteiger partial charge is 0.514 e. The van der Waals surface area contributed by atoms with Crippen LogP contribution in [0.1, 0.15) is 11.1 Å². The van der Waals surface area contributed by atoms with Crippen LogP contribution < -0.4 is 4.74 Å². The third kappa shape index (κ3) is 4.26. The van der Waals surface area contributed by atoms with Crippen molar-refractivity contribution in [3.8, 4) is 5.75 Å². The van der Waals surface area contributed by atoms with Crippen LogP contribution in [0.25, 0.3) is 10.4 Å². The first kappa shape index (κ1) is 14.4. The molecule has 0 N–H and O–H groups in total. The molecule has 0 spiro atoms. The number of rotatable bonds is 4. The van der Waals surface area contributed by atoms with Gasteiger partial charge in [0.1, 0.15) is 12.4 Å². The molecule has 0 fully saturated rings. The first-order chi connectivity index (χ1) is 10.2. The summed E-state index contributed by atoms with van der Waals surface area (Å²) in [6.45, 7) is 1.91. The predicted molar refractivity (Wildman–Crippen MR) is 77.2 cm³/mol. The third-order valence-electron chi connectivity index (χ3n) is 2.71. The van der Waals surface area contributed by atoms with Crippen LogP contribution >= 0.6 is 0 Å². The zero-order valence-electron chi connectivity index (χ0n) is 11.4. The Hall–Kier alpha value is -2.98. The maximum absolute atomic E-state index is 11.6. The maximum Gasteiger partial charge on any atom is 0.514 e. The molecule has 0 unspecified atom stereocenters.